The Bertz CT molecular complexity index is 720. The molecule has 0 saturated heterocycles. The van der Waals surface area contributed by atoms with Crippen molar-refractivity contribution in [3.05, 3.63) is 41.5 Å². The first kappa shape index (κ1) is 25.0. The average molecular weight is 463 g/mol. The van der Waals surface area contributed by atoms with Crippen LogP contribution in [0.2, 0.25) is 0 Å². The molecule has 0 N–H and O–H groups in total. The second kappa shape index (κ2) is 11.5. The lowest BCUT2D eigenvalue weighted by molar-refractivity contribution is -0.276. The van der Waals surface area contributed by atoms with Crippen LogP contribution in [0.15, 0.2) is 24.3 Å². The second-order valence-electron chi connectivity index (χ2n) is 9.34. The van der Waals surface area contributed by atoms with Crippen LogP contribution in [-0.4, -0.2) is 13.0 Å². The van der Waals surface area contributed by atoms with Crippen molar-refractivity contribution in [3.63, 3.8) is 0 Å². The van der Waals surface area contributed by atoms with Crippen molar-refractivity contribution in [3.8, 4) is 5.75 Å². The summed E-state index contributed by atoms with van der Waals surface area (Å²) < 4.78 is 80.3. The summed E-state index contributed by atoms with van der Waals surface area (Å²) in [4.78, 5) is 0. The predicted molar refractivity (Wildman–Crippen MR) is 112 cm³/mol. The molecular formula is C25H32F6O. The van der Waals surface area contributed by atoms with Gasteiger partial charge in [0.15, 0.2) is 11.6 Å². The van der Waals surface area contributed by atoms with Crippen LogP contribution < -0.4 is 4.74 Å². The van der Waals surface area contributed by atoms with Gasteiger partial charge in [0.05, 0.1) is 6.67 Å². The van der Waals surface area contributed by atoms with Crippen LogP contribution in [0.3, 0.4) is 0 Å². The highest BCUT2D eigenvalue weighted by Gasteiger charge is 2.34. The standard InChI is InChI=1S/C25H32F6O/c26-14-2-1-3-17-6-10-20(11-7-17)21-12-8-18(9-13-21)4-5-19-15-22(27)24(23(28)16-19)32-25(29,30)31/h1,3,15-18,20-21H,2,4-14H2/t17-,18-,20-,21-. The molecule has 180 valence electrons. The fourth-order valence-corrected chi connectivity index (χ4v) is 5.45. The average Bonchev–Trinajstić information content (AvgIpc) is 2.75. The molecule has 1 aromatic carbocycles. The molecule has 1 aromatic rings. The maximum Gasteiger partial charge on any atom is 0.573 e. The highest BCUT2D eigenvalue weighted by atomic mass is 19.4. The van der Waals surface area contributed by atoms with Crippen molar-refractivity contribution in [2.24, 2.45) is 23.7 Å². The number of halogens is 6. The van der Waals surface area contributed by atoms with E-state index in [0.29, 0.717) is 30.2 Å². The molecule has 2 fully saturated rings. The maximum atomic E-state index is 13.9. The summed E-state index contributed by atoms with van der Waals surface area (Å²) in [5, 5.41) is 0. The van der Waals surface area contributed by atoms with Gasteiger partial charge in [0, 0.05) is 0 Å². The van der Waals surface area contributed by atoms with Crippen LogP contribution in [0, 0.1) is 35.3 Å². The zero-order valence-electron chi connectivity index (χ0n) is 18.3. The highest BCUT2D eigenvalue weighted by molar-refractivity contribution is 5.31. The first-order chi connectivity index (χ1) is 15.2. The van der Waals surface area contributed by atoms with E-state index in [9.17, 15) is 26.3 Å². The van der Waals surface area contributed by atoms with Gasteiger partial charge in [0.25, 0.3) is 0 Å². The summed E-state index contributed by atoms with van der Waals surface area (Å²) in [5.41, 5.74) is 0.357. The Hall–Kier alpha value is -1.66. The van der Waals surface area contributed by atoms with Crippen LogP contribution in [0.1, 0.15) is 69.8 Å². The molecule has 7 heteroatoms. The minimum atomic E-state index is -5.13. The minimum Gasteiger partial charge on any atom is -0.399 e. The van der Waals surface area contributed by atoms with Crippen LogP contribution >= 0.6 is 0 Å². The minimum absolute atomic E-state index is 0.295. The number of rotatable bonds is 8. The van der Waals surface area contributed by atoms with Gasteiger partial charge in [-0.3, -0.25) is 4.39 Å². The summed E-state index contributed by atoms with van der Waals surface area (Å²) in [6.07, 6.45) is 10.0. The number of aryl methyl sites for hydroxylation is 1. The zero-order chi connectivity index (χ0) is 23.1. The Morgan fingerprint density at radius 2 is 1.44 bits per heavy atom. The van der Waals surface area contributed by atoms with Crippen LogP contribution in [0.4, 0.5) is 26.3 Å². The van der Waals surface area contributed by atoms with E-state index in [1.165, 1.54) is 38.5 Å². The molecule has 2 saturated carbocycles. The van der Waals surface area contributed by atoms with Gasteiger partial charge in [-0.25, -0.2) is 8.78 Å². The molecule has 2 aliphatic rings. The Balaban J connectivity index is 1.41. The van der Waals surface area contributed by atoms with Gasteiger partial charge < -0.3 is 4.74 Å². The summed E-state index contributed by atoms with van der Waals surface area (Å²) >= 11 is 0. The molecule has 0 aromatic heterocycles. The van der Waals surface area contributed by atoms with Crippen molar-refractivity contribution in [2.75, 3.05) is 6.67 Å². The summed E-state index contributed by atoms with van der Waals surface area (Å²) in [6, 6.07) is 1.88. The molecule has 0 heterocycles. The van der Waals surface area contributed by atoms with E-state index in [0.717, 1.165) is 43.2 Å². The maximum absolute atomic E-state index is 13.9. The summed E-state index contributed by atoms with van der Waals surface area (Å²) in [7, 11) is 0. The number of allylic oxidation sites excluding steroid dienone is 2. The molecule has 0 radical (unpaired) electrons. The van der Waals surface area contributed by atoms with Gasteiger partial charge in [0.1, 0.15) is 0 Å². The van der Waals surface area contributed by atoms with E-state index in [2.05, 4.69) is 10.8 Å². The third-order valence-corrected chi connectivity index (χ3v) is 7.18. The van der Waals surface area contributed by atoms with E-state index in [1.54, 1.807) is 0 Å². The quantitative estimate of drug-likeness (QED) is 0.279. The third-order valence-electron chi connectivity index (χ3n) is 7.18. The van der Waals surface area contributed by atoms with Crippen molar-refractivity contribution in [1.29, 1.82) is 0 Å². The van der Waals surface area contributed by atoms with E-state index >= 15 is 0 Å². The van der Waals surface area contributed by atoms with Gasteiger partial charge in [0.2, 0.25) is 5.75 Å². The lowest BCUT2D eigenvalue weighted by Crippen LogP contribution is -2.25. The lowest BCUT2D eigenvalue weighted by atomic mass is 9.68. The molecule has 3 rings (SSSR count). The summed E-state index contributed by atoms with van der Waals surface area (Å²) in [6.45, 7) is -0.295. The predicted octanol–water partition coefficient (Wildman–Crippen LogP) is 8.32. The van der Waals surface area contributed by atoms with Crippen LogP contribution in [-0.2, 0) is 6.42 Å². The molecular weight excluding hydrogens is 430 g/mol. The Labute approximate surface area is 186 Å². The molecule has 0 aliphatic heterocycles. The second-order valence-corrected chi connectivity index (χ2v) is 9.34. The van der Waals surface area contributed by atoms with Crippen molar-refractivity contribution < 1.29 is 31.1 Å². The smallest absolute Gasteiger partial charge is 0.399 e. The first-order valence-corrected chi connectivity index (χ1v) is 11.7. The molecule has 1 nitrogen and oxygen atoms in total. The molecule has 0 unspecified atom stereocenters. The number of hydrogen-bond acceptors (Lipinski definition) is 1. The fraction of sp³-hybridized carbons (Fsp3) is 0.680. The Morgan fingerprint density at radius 3 is 1.97 bits per heavy atom. The van der Waals surface area contributed by atoms with Crippen LogP contribution in [0.25, 0.3) is 0 Å². The van der Waals surface area contributed by atoms with Gasteiger partial charge in [-0.05, 0) is 99.2 Å². The molecule has 0 atom stereocenters. The van der Waals surface area contributed by atoms with Gasteiger partial charge in [-0.2, -0.15) is 0 Å². The normalized spacial score (nSPS) is 27.1. The molecule has 0 spiro atoms. The van der Waals surface area contributed by atoms with Crippen molar-refractivity contribution in [2.45, 2.75) is 77.0 Å². The van der Waals surface area contributed by atoms with Crippen LogP contribution in [0.5, 0.6) is 5.75 Å². The SMILES string of the molecule is FCCC=C[C@H]1CC[C@H]([C@H]2CC[C@H](CCc3cc(F)c(OC(F)(F)F)c(F)c3)CC2)CC1. The van der Waals surface area contributed by atoms with Gasteiger partial charge in [-0.1, -0.05) is 25.0 Å². The van der Waals surface area contributed by atoms with Gasteiger partial charge in [-0.15, -0.1) is 13.2 Å². The third kappa shape index (κ3) is 7.45. The molecule has 32 heavy (non-hydrogen) atoms. The van der Waals surface area contributed by atoms with Crippen molar-refractivity contribution in [1.82, 2.24) is 0 Å². The van der Waals surface area contributed by atoms with Gasteiger partial charge >= 0.3 is 6.36 Å². The largest absolute Gasteiger partial charge is 0.573 e. The Kier molecular flexibility index (Phi) is 8.95. The number of ether oxygens (including phenoxy) is 1. The first-order valence-electron chi connectivity index (χ1n) is 11.7. The Morgan fingerprint density at radius 1 is 0.875 bits per heavy atom. The molecule has 0 bridgehead atoms. The van der Waals surface area contributed by atoms with Crippen molar-refractivity contribution >= 4 is 0 Å². The zero-order valence-corrected chi connectivity index (χ0v) is 18.3. The molecule has 0 amide bonds. The highest BCUT2D eigenvalue weighted by Crippen LogP contribution is 2.42. The van der Waals surface area contributed by atoms with E-state index in [1.807, 2.05) is 6.08 Å². The lowest BCUT2D eigenvalue weighted by Gasteiger charge is -2.37. The number of benzene rings is 1. The summed E-state index contributed by atoms with van der Waals surface area (Å²) in [5.74, 6) is -1.49. The number of alkyl halides is 4. The monoisotopic (exact) mass is 462 g/mol. The van der Waals surface area contributed by atoms with E-state index in [-0.39, 0.29) is 6.67 Å². The molecule has 2 aliphatic carbocycles. The topological polar surface area (TPSA) is 9.23 Å². The number of hydrogen-bond donors (Lipinski definition) is 0. The van der Waals surface area contributed by atoms with E-state index < -0.39 is 23.7 Å². The van der Waals surface area contributed by atoms with E-state index in [4.69, 9.17) is 0 Å². The fourth-order valence-electron chi connectivity index (χ4n) is 5.45.